The average molecular weight is 281 g/mol. The van der Waals surface area contributed by atoms with Crippen LogP contribution in [0.5, 0.6) is 5.75 Å². The summed E-state index contributed by atoms with van der Waals surface area (Å²) in [5.74, 6) is 0.746. The number of hydrogen-bond donors (Lipinski definition) is 3. The molecule has 0 bridgehead atoms. The second-order valence-corrected chi connectivity index (χ2v) is 5.88. The second-order valence-electron chi connectivity index (χ2n) is 4.15. The molecule has 0 spiro atoms. The molecule has 1 heterocycles. The largest absolute Gasteiger partial charge is 0.508 e. The molecule has 0 saturated carbocycles. The van der Waals surface area contributed by atoms with Crippen molar-refractivity contribution in [2.75, 3.05) is 6.54 Å². The Kier molecular flexibility index (Phi) is 3.87. The van der Waals surface area contributed by atoms with Gasteiger partial charge in [0.2, 0.25) is 0 Å². The number of rotatable bonds is 5. The maximum atomic E-state index is 11.9. The zero-order valence-electron chi connectivity index (χ0n) is 10.4. The van der Waals surface area contributed by atoms with Crippen molar-refractivity contribution in [2.45, 2.75) is 18.4 Å². The number of aromatic hydroxyl groups is 1. The zero-order chi connectivity index (χ0) is 13.9. The first-order valence-electron chi connectivity index (χ1n) is 5.76. The van der Waals surface area contributed by atoms with E-state index in [9.17, 15) is 8.42 Å². The molecule has 1 aromatic heterocycles. The quantitative estimate of drug-likeness (QED) is 0.760. The molecule has 6 nitrogen and oxygen atoms in total. The SMILES string of the molecule is Cc1ncc(S(=O)(=O)NCCc2ccc(O)cc2)[nH]1. The fourth-order valence-corrected chi connectivity index (χ4v) is 2.60. The topological polar surface area (TPSA) is 95.1 Å². The van der Waals surface area contributed by atoms with Gasteiger partial charge < -0.3 is 10.1 Å². The summed E-state index contributed by atoms with van der Waals surface area (Å²) in [6.45, 7) is 1.97. The lowest BCUT2D eigenvalue weighted by atomic mass is 10.1. The molecule has 102 valence electrons. The third-order valence-corrected chi connectivity index (χ3v) is 3.98. The van der Waals surface area contributed by atoms with Crippen LogP contribution in [0, 0.1) is 6.92 Å². The maximum absolute atomic E-state index is 11.9. The van der Waals surface area contributed by atoms with Gasteiger partial charge in [-0.1, -0.05) is 12.1 Å². The summed E-state index contributed by atoms with van der Waals surface area (Å²) in [5, 5.41) is 9.21. The molecular formula is C12H15N3O3S. The molecule has 0 unspecified atom stereocenters. The van der Waals surface area contributed by atoms with E-state index in [-0.39, 0.29) is 17.3 Å². The summed E-state index contributed by atoms with van der Waals surface area (Å²) >= 11 is 0. The predicted octanol–water partition coefficient (Wildman–Crippen LogP) is 0.945. The molecule has 3 N–H and O–H groups in total. The van der Waals surface area contributed by atoms with Crippen molar-refractivity contribution in [3.63, 3.8) is 0 Å². The number of aromatic nitrogens is 2. The number of aryl methyl sites for hydroxylation is 1. The first-order valence-corrected chi connectivity index (χ1v) is 7.25. The van der Waals surface area contributed by atoms with Crippen molar-refractivity contribution in [3.05, 3.63) is 41.9 Å². The van der Waals surface area contributed by atoms with Gasteiger partial charge in [0.1, 0.15) is 11.6 Å². The van der Waals surface area contributed by atoms with Crippen LogP contribution in [0.1, 0.15) is 11.4 Å². The van der Waals surface area contributed by atoms with Gasteiger partial charge in [-0.15, -0.1) is 0 Å². The Morgan fingerprint density at radius 2 is 2.00 bits per heavy atom. The number of nitrogens with zero attached hydrogens (tertiary/aromatic N) is 1. The normalized spacial score (nSPS) is 11.6. The van der Waals surface area contributed by atoms with Crippen LogP contribution < -0.4 is 4.72 Å². The third kappa shape index (κ3) is 3.55. The zero-order valence-corrected chi connectivity index (χ0v) is 11.2. The van der Waals surface area contributed by atoms with Gasteiger partial charge >= 0.3 is 0 Å². The van der Waals surface area contributed by atoms with Crippen LogP contribution in [-0.4, -0.2) is 30.0 Å². The monoisotopic (exact) mass is 281 g/mol. The second kappa shape index (κ2) is 5.41. The van der Waals surface area contributed by atoms with E-state index in [0.717, 1.165) is 5.56 Å². The van der Waals surface area contributed by atoms with Gasteiger partial charge in [-0.05, 0) is 31.0 Å². The lowest BCUT2D eigenvalue weighted by Crippen LogP contribution is -2.26. The summed E-state index contributed by atoms with van der Waals surface area (Å²) in [5.41, 5.74) is 0.946. The summed E-state index contributed by atoms with van der Waals surface area (Å²) in [7, 11) is -3.54. The van der Waals surface area contributed by atoms with E-state index in [0.29, 0.717) is 12.2 Å². The van der Waals surface area contributed by atoms with Crippen LogP contribution in [0.2, 0.25) is 0 Å². The number of benzene rings is 1. The molecule has 0 radical (unpaired) electrons. The number of phenolic OH excluding ortho intramolecular Hbond substituents is 1. The number of phenols is 1. The van der Waals surface area contributed by atoms with E-state index >= 15 is 0 Å². The fraction of sp³-hybridized carbons (Fsp3) is 0.250. The summed E-state index contributed by atoms with van der Waals surface area (Å²) in [6, 6.07) is 6.65. The smallest absolute Gasteiger partial charge is 0.257 e. The molecular weight excluding hydrogens is 266 g/mol. The molecule has 0 saturated heterocycles. The van der Waals surface area contributed by atoms with Crippen molar-refractivity contribution < 1.29 is 13.5 Å². The minimum atomic E-state index is -3.54. The predicted molar refractivity (Wildman–Crippen MR) is 70.3 cm³/mol. The van der Waals surface area contributed by atoms with Gasteiger partial charge in [-0.2, -0.15) is 0 Å². The molecule has 0 fully saturated rings. The van der Waals surface area contributed by atoms with E-state index in [1.165, 1.54) is 6.20 Å². The third-order valence-electron chi connectivity index (χ3n) is 2.61. The first-order chi connectivity index (χ1) is 8.97. The van der Waals surface area contributed by atoms with Gasteiger partial charge in [-0.3, -0.25) is 0 Å². The van der Waals surface area contributed by atoms with E-state index in [1.54, 1.807) is 31.2 Å². The minimum Gasteiger partial charge on any atom is -0.508 e. The Hall–Kier alpha value is -1.86. The molecule has 2 rings (SSSR count). The fourth-order valence-electron chi connectivity index (χ4n) is 1.60. The number of nitrogens with one attached hydrogen (secondary N) is 2. The van der Waals surface area contributed by atoms with Crippen LogP contribution in [-0.2, 0) is 16.4 Å². The number of hydrogen-bond acceptors (Lipinski definition) is 4. The van der Waals surface area contributed by atoms with Gasteiger partial charge in [0, 0.05) is 6.54 Å². The molecule has 0 aliphatic heterocycles. The Bertz CT molecular complexity index is 647. The maximum Gasteiger partial charge on any atom is 0.257 e. The van der Waals surface area contributed by atoms with Crippen molar-refractivity contribution >= 4 is 10.0 Å². The highest BCUT2D eigenvalue weighted by molar-refractivity contribution is 7.89. The Balaban J connectivity index is 1.93. The Labute approximate surface area is 111 Å². The number of aromatic amines is 1. The van der Waals surface area contributed by atoms with Crippen LogP contribution in [0.15, 0.2) is 35.5 Å². The molecule has 2 aromatic rings. The van der Waals surface area contributed by atoms with E-state index < -0.39 is 10.0 Å². The Morgan fingerprint density at radius 3 is 2.58 bits per heavy atom. The molecule has 19 heavy (non-hydrogen) atoms. The number of imidazole rings is 1. The highest BCUT2D eigenvalue weighted by Gasteiger charge is 2.15. The van der Waals surface area contributed by atoms with E-state index in [4.69, 9.17) is 5.11 Å². The molecule has 0 aliphatic carbocycles. The lowest BCUT2D eigenvalue weighted by Gasteiger charge is -2.05. The summed E-state index contributed by atoms with van der Waals surface area (Å²) in [6.07, 6.45) is 1.84. The standard InChI is InChI=1S/C12H15N3O3S/c1-9-13-8-12(15-9)19(17,18)14-7-6-10-2-4-11(16)5-3-10/h2-5,8,14,16H,6-7H2,1H3,(H,13,15). The highest BCUT2D eigenvalue weighted by Crippen LogP contribution is 2.10. The first kappa shape index (κ1) is 13.6. The summed E-state index contributed by atoms with van der Waals surface area (Å²) < 4.78 is 26.2. The highest BCUT2D eigenvalue weighted by atomic mass is 32.2. The number of sulfonamides is 1. The minimum absolute atomic E-state index is 0.0655. The molecule has 7 heteroatoms. The van der Waals surface area contributed by atoms with Gasteiger partial charge in [0.05, 0.1) is 6.20 Å². The Morgan fingerprint density at radius 1 is 1.32 bits per heavy atom. The van der Waals surface area contributed by atoms with Gasteiger partial charge in [-0.25, -0.2) is 18.1 Å². The summed E-state index contributed by atoms with van der Waals surface area (Å²) in [4.78, 5) is 6.53. The van der Waals surface area contributed by atoms with E-state index in [2.05, 4.69) is 14.7 Å². The van der Waals surface area contributed by atoms with E-state index in [1.807, 2.05) is 0 Å². The average Bonchev–Trinajstić information content (AvgIpc) is 2.79. The molecule has 1 aromatic carbocycles. The van der Waals surface area contributed by atoms with Crippen LogP contribution >= 0.6 is 0 Å². The van der Waals surface area contributed by atoms with Crippen molar-refractivity contribution in [3.8, 4) is 5.75 Å². The molecule has 0 atom stereocenters. The van der Waals surface area contributed by atoms with Crippen LogP contribution in [0.25, 0.3) is 0 Å². The number of H-pyrrole nitrogens is 1. The lowest BCUT2D eigenvalue weighted by molar-refractivity contribution is 0.475. The molecule has 0 aliphatic rings. The van der Waals surface area contributed by atoms with Gasteiger partial charge in [0.25, 0.3) is 10.0 Å². The van der Waals surface area contributed by atoms with Crippen molar-refractivity contribution in [2.24, 2.45) is 0 Å². The van der Waals surface area contributed by atoms with Crippen LogP contribution in [0.4, 0.5) is 0 Å². The molecule has 0 amide bonds. The van der Waals surface area contributed by atoms with Crippen molar-refractivity contribution in [1.82, 2.24) is 14.7 Å². The van der Waals surface area contributed by atoms with Crippen LogP contribution in [0.3, 0.4) is 0 Å². The van der Waals surface area contributed by atoms with Crippen molar-refractivity contribution in [1.29, 1.82) is 0 Å². The van der Waals surface area contributed by atoms with Gasteiger partial charge in [0.15, 0.2) is 5.03 Å².